The molecule has 1 fully saturated rings. The van der Waals surface area contributed by atoms with E-state index in [1.807, 2.05) is 0 Å². The van der Waals surface area contributed by atoms with Gasteiger partial charge in [-0.15, -0.1) is 11.3 Å². The summed E-state index contributed by atoms with van der Waals surface area (Å²) in [6, 6.07) is -0.102. The van der Waals surface area contributed by atoms with Gasteiger partial charge in [-0.1, -0.05) is 33.6 Å². The summed E-state index contributed by atoms with van der Waals surface area (Å²) >= 11 is 1.58. The number of aliphatic hydroxyl groups is 1. The topological polar surface area (TPSA) is 65.5 Å². The molecule has 0 aliphatic heterocycles. The normalized spacial score (nSPS) is 22.0. The molecule has 2 unspecified atom stereocenters. The highest BCUT2D eigenvalue weighted by atomic mass is 32.1. The predicted molar refractivity (Wildman–Crippen MR) is 93.6 cm³/mol. The summed E-state index contributed by atoms with van der Waals surface area (Å²) in [5.74, 6) is 0.201. The molecule has 2 amide bonds. The minimum Gasteiger partial charge on any atom is -0.393 e. The van der Waals surface area contributed by atoms with E-state index in [1.165, 1.54) is 0 Å². The van der Waals surface area contributed by atoms with Crippen LogP contribution in [0.4, 0.5) is 4.79 Å². The van der Waals surface area contributed by atoms with E-state index in [9.17, 15) is 9.90 Å². The molecule has 1 aliphatic carbocycles. The molecule has 23 heavy (non-hydrogen) atoms. The molecule has 1 aromatic rings. The number of thiazole rings is 1. The van der Waals surface area contributed by atoms with Gasteiger partial charge in [0.05, 0.1) is 18.3 Å². The predicted octanol–water partition coefficient (Wildman–Crippen LogP) is 3.13. The molecule has 2 N–H and O–H groups in total. The fraction of sp³-hybridized carbons (Fsp3) is 0.765. The van der Waals surface area contributed by atoms with Crippen molar-refractivity contribution >= 4 is 17.4 Å². The van der Waals surface area contributed by atoms with Crippen molar-refractivity contribution < 1.29 is 9.90 Å². The fourth-order valence-corrected chi connectivity index (χ4v) is 3.82. The van der Waals surface area contributed by atoms with Crippen LogP contribution in [-0.2, 0) is 12.0 Å². The number of rotatable bonds is 4. The maximum atomic E-state index is 12.2. The van der Waals surface area contributed by atoms with Gasteiger partial charge in [0, 0.05) is 30.3 Å². The Morgan fingerprint density at radius 2 is 2.13 bits per heavy atom. The van der Waals surface area contributed by atoms with E-state index in [2.05, 4.69) is 36.5 Å². The Bertz CT molecular complexity index is 524. The molecule has 2 rings (SSSR count). The van der Waals surface area contributed by atoms with Gasteiger partial charge in [-0.25, -0.2) is 9.78 Å². The standard InChI is InChI=1S/C17H29N3O2S/c1-17(2,3)14-11-23-15(19-14)9-18-16(22)20(4)10-12-7-5-6-8-13(12)21/h11-13,21H,5-10H2,1-4H3,(H,18,22). The molecule has 0 aromatic carbocycles. The van der Waals surface area contributed by atoms with E-state index < -0.39 is 0 Å². The number of nitrogens with zero attached hydrogens (tertiary/aromatic N) is 2. The van der Waals surface area contributed by atoms with E-state index in [0.29, 0.717) is 13.1 Å². The van der Waals surface area contributed by atoms with Crippen LogP contribution in [0.5, 0.6) is 0 Å². The quantitative estimate of drug-likeness (QED) is 0.886. The minimum absolute atomic E-state index is 0.0344. The summed E-state index contributed by atoms with van der Waals surface area (Å²) in [4.78, 5) is 18.5. The number of aliphatic hydroxyl groups excluding tert-OH is 1. The van der Waals surface area contributed by atoms with Crippen LogP contribution in [0.1, 0.15) is 57.2 Å². The Balaban J connectivity index is 1.80. The van der Waals surface area contributed by atoms with E-state index >= 15 is 0 Å². The molecule has 1 saturated carbocycles. The summed E-state index contributed by atoms with van der Waals surface area (Å²) in [7, 11) is 1.79. The Kier molecular flexibility index (Phi) is 6.03. The van der Waals surface area contributed by atoms with Crippen molar-refractivity contribution in [3.8, 4) is 0 Å². The molecule has 1 aromatic heterocycles. The number of carbonyl (C=O) groups is 1. The molecule has 5 nitrogen and oxygen atoms in total. The van der Waals surface area contributed by atoms with Gasteiger partial charge in [-0.05, 0) is 12.8 Å². The lowest BCUT2D eigenvalue weighted by Gasteiger charge is -2.31. The van der Waals surface area contributed by atoms with Crippen molar-refractivity contribution in [1.29, 1.82) is 0 Å². The molecule has 6 heteroatoms. The third kappa shape index (κ3) is 5.18. The molecule has 0 saturated heterocycles. The van der Waals surface area contributed by atoms with Crippen LogP contribution >= 0.6 is 11.3 Å². The van der Waals surface area contributed by atoms with Gasteiger partial charge in [0.25, 0.3) is 0 Å². The highest BCUT2D eigenvalue weighted by Crippen LogP contribution is 2.25. The Morgan fingerprint density at radius 1 is 1.43 bits per heavy atom. The van der Waals surface area contributed by atoms with Crippen molar-refractivity contribution in [1.82, 2.24) is 15.2 Å². The average Bonchev–Trinajstić information content (AvgIpc) is 2.96. The molecule has 1 heterocycles. The van der Waals surface area contributed by atoms with E-state index in [4.69, 9.17) is 0 Å². The first-order valence-electron chi connectivity index (χ1n) is 8.39. The van der Waals surface area contributed by atoms with Gasteiger partial charge >= 0.3 is 6.03 Å². The second-order valence-corrected chi connectivity index (χ2v) is 8.47. The van der Waals surface area contributed by atoms with Gasteiger partial charge < -0.3 is 15.3 Å². The maximum absolute atomic E-state index is 12.2. The lowest BCUT2D eigenvalue weighted by atomic mass is 9.86. The number of aromatic nitrogens is 1. The van der Waals surface area contributed by atoms with Gasteiger partial charge in [0.15, 0.2) is 0 Å². The first-order chi connectivity index (χ1) is 10.8. The van der Waals surface area contributed by atoms with E-state index in [0.717, 1.165) is 36.4 Å². The molecule has 1 aliphatic rings. The zero-order valence-corrected chi connectivity index (χ0v) is 15.4. The van der Waals surface area contributed by atoms with Crippen molar-refractivity contribution in [2.24, 2.45) is 5.92 Å². The zero-order chi connectivity index (χ0) is 17.0. The zero-order valence-electron chi connectivity index (χ0n) is 14.6. The van der Waals surface area contributed by atoms with Crippen molar-refractivity contribution in [2.75, 3.05) is 13.6 Å². The Labute approximate surface area is 143 Å². The van der Waals surface area contributed by atoms with Gasteiger partial charge in [0.2, 0.25) is 0 Å². The monoisotopic (exact) mass is 339 g/mol. The maximum Gasteiger partial charge on any atom is 0.317 e. The summed E-state index contributed by atoms with van der Waals surface area (Å²) in [5, 5.41) is 15.9. The summed E-state index contributed by atoms with van der Waals surface area (Å²) in [6.07, 6.45) is 3.82. The number of hydrogen-bond acceptors (Lipinski definition) is 4. The number of amides is 2. The molecular formula is C17H29N3O2S. The number of nitrogens with one attached hydrogen (secondary N) is 1. The molecule has 0 bridgehead atoms. The molecule has 0 spiro atoms. The Hall–Kier alpha value is -1.14. The lowest BCUT2D eigenvalue weighted by Crippen LogP contribution is -2.42. The third-order valence-corrected chi connectivity index (χ3v) is 5.28. The lowest BCUT2D eigenvalue weighted by molar-refractivity contribution is 0.0565. The molecule has 130 valence electrons. The SMILES string of the molecule is CN(CC1CCCCC1O)C(=O)NCc1nc(C(C)(C)C)cs1. The third-order valence-electron chi connectivity index (χ3n) is 4.44. The van der Waals surface area contributed by atoms with Gasteiger partial charge in [0.1, 0.15) is 5.01 Å². The number of carbonyl (C=O) groups excluding carboxylic acids is 1. The van der Waals surface area contributed by atoms with Gasteiger partial charge in [-0.2, -0.15) is 0 Å². The number of urea groups is 1. The van der Waals surface area contributed by atoms with Crippen LogP contribution in [0.3, 0.4) is 0 Å². The Morgan fingerprint density at radius 3 is 2.74 bits per heavy atom. The summed E-state index contributed by atoms with van der Waals surface area (Å²) in [6.45, 7) is 7.46. The largest absolute Gasteiger partial charge is 0.393 e. The van der Waals surface area contributed by atoms with Crippen LogP contribution in [0.15, 0.2) is 5.38 Å². The van der Waals surface area contributed by atoms with Crippen LogP contribution in [-0.4, -0.2) is 40.7 Å². The minimum atomic E-state index is -0.271. The van der Waals surface area contributed by atoms with Crippen molar-refractivity contribution in [3.05, 3.63) is 16.1 Å². The highest BCUT2D eigenvalue weighted by Gasteiger charge is 2.25. The second kappa shape index (κ2) is 7.62. The van der Waals surface area contributed by atoms with Crippen molar-refractivity contribution in [3.63, 3.8) is 0 Å². The van der Waals surface area contributed by atoms with Crippen LogP contribution < -0.4 is 5.32 Å². The smallest absolute Gasteiger partial charge is 0.317 e. The van der Waals surface area contributed by atoms with Gasteiger partial charge in [-0.3, -0.25) is 0 Å². The van der Waals surface area contributed by atoms with Crippen LogP contribution in [0.2, 0.25) is 0 Å². The highest BCUT2D eigenvalue weighted by molar-refractivity contribution is 7.09. The van der Waals surface area contributed by atoms with Crippen LogP contribution in [0, 0.1) is 5.92 Å². The molecule has 0 radical (unpaired) electrons. The van der Waals surface area contributed by atoms with E-state index in [1.54, 1.807) is 23.3 Å². The first-order valence-corrected chi connectivity index (χ1v) is 9.27. The van der Waals surface area contributed by atoms with Crippen molar-refractivity contribution in [2.45, 2.75) is 64.5 Å². The average molecular weight is 340 g/mol. The second-order valence-electron chi connectivity index (χ2n) is 7.53. The van der Waals surface area contributed by atoms with Crippen LogP contribution in [0.25, 0.3) is 0 Å². The van der Waals surface area contributed by atoms with E-state index in [-0.39, 0.29) is 23.5 Å². The first kappa shape index (κ1) is 18.2. The summed E-state index contributed by atoms with van der Waals surface area (Å²) in [5.41, 5.74) is 1.09. The fourth-order valence-electron chi connectivity index (χ4n) is 2.86. The summed E-state index contributed by atoms with van der Waals surface area (Å²) < 4.78 is 0. The number of hydrogen-bond donors (Lipinski definition) is 2. The molecular weight excluding hydrogens is 310 g/mol. The molecule has 2 atom stereocenters.